The van der Waals surface area contributed by atoms with Gasteiger partial charge in [-0.1, -0.05) is 36.4 Å². The lowest BCUT2D eigenvalue weighted by Crippen LogP contribution is -2.27. The van der Waals surface area contributed by atoms with Crippen LogP contribution in [0.4, 0.5) is 5.69 Å². The molecule has 3 aromatic carbocycles. The largest absolute Gasteiger partial charge is 0.478 e. The van der Waals surface area contributed by atoms with E-state index in [1.807, 2.05) is 18.2 Å². The van der Waals surface area contributed by atoms with Crippen molar-refractivity contribution in [2.45, 2.75) is 19.5 Å². The Morgan fingerprint density at radius 1 is 0.938 bits per heavy atom. The number of anilines is 1. The van der Waals surface area contributed by atoms with Crippen LogP contribution in [0, 0.1) is 0 Å². The summed E-state index contributed by atoms with van der Waals surface area (Å²) in [5.41, 5.74) is 10.4. The van der Waals surface area contributed by atoms with Gasteiger partial charge in [0.15, 0.2) is 0 Å². The normalized spacial score (nSPS) is 12.3. The first kappa shape index (κ1) is 21.1. The van der Waals surface area contributed by atoms with Crippen LogP contribution >= 0.6 is 0 Å². The van der Waals surface area contributed by atoms with Crippen molar-refractivity contribution in [1.29, 1.82) is 0 Å². The number of carbonyl (C=O) groups excluding carboxylic acids is 2. The number of aromatic carboxylic acids is 1. The van der Waals surface area contributed by atoms with E-state index in [9.17, 15) is 14.4 Å². The number of fused-ring (bicyclic) bond motifs is 1. The van der Waals surface area contributed by atoms with Crippen molar-refractivity contribution in [3.8, 4) is 0 Å². The monoisotopic (exact) mass is 429 g/mol. The molecule has 0 fully saturated rings. The molecule has 0 radical (unpaired) electrons. The number of hydrogen-bond acceptors (Lipinski definition) is 4. The molecule has 0 unspecified atom stereocenters. The van der Waals surface area contributed by atoms with Gasteiger partial charge in [0, 0.05) is 25.2 Å². The second kappa shape index (κ2) is 8.93. The number of benzene rings is 3. The Morgan fingerprint density at radius 2 is 1.69 bits per heavy atom. The van der Waals surface area contributed by atoms with Crippen LogP contribution in [-0.4, -0.2) is 29.4 Å². The number of primary amides is 1. The van der Waals surface area contributed by atoms with E-state index in [1.165, 1.54) is 12.1 Å². The molecule has 4 N–H and O–H groups in total. The fourth-order valence-electron chi connectivity index (χ4n) is 3.96. The van der Waals surface area contributed by atoms with Crippen LogP contribution in [-0.2, 0) is 19.5 Å². The summed E-state index contributed by atoms with van der Waals surface area (Å²) >= 11 is 0. The van der Waals surface area contributed by atoms with Gasteiger partial charge >= 0.3 is 5.97 Å². The highest BCUT2D eigenvalue weighted by atomic mass is 16.4. The Labute approximate surface area is 185 Å². The smallest absolute Gasteiger partial charge is 0.335 e. The first-order valence-corrected chi connectivity index (χ1v) is 10.3. The Kier molecular flexibility index (Phi) is 5.89. The van der Waals surface area contributed by atoms with Crippen molar-refractivity contribution in [2.75, 3.05) is 11.4 Å². The molecule has 32 heavy (non-hydrogen) atoms. The number of carboxylic acid groups (broad SMARTS) is 1. The van der Waals surface area contributed by atoms with Gasteiger partial charge in [0.1, 0.15) is 0 Å². The van der Waals surface area contributed by atoms with Crippen molar-refractivity contribution in [3.05, 3.63) is 100 Å². The summed E-state index contributed by atoms with van der Waals surface area (Å²) in [5, 5.41) is 11.9. The maximum Gasteiger partial charge on any atom is 0.335 e. The molecule has 0 aromatic heterocycles. The van der Waals surface area contributed by atoms with Gasteiger partial charge < -0.3 is 21.1 Å². The van der Waals surface area contributed by atoms with E-state index in [4.69, 9.17) is 10.8 Å². The molecule has 0 bridgehead atoms. The molecule has 2 amide bonds. The number of nitrogens with zero attached hydrogens (tertiary/aromatic N) is 1. The second-order valence-corrected chi connectivity index (χ2v) is 7.73. The minimum absolute atomic E-state index is 0.193. The molecule has 0 aliphatic carbocycles. The van der Waals surface area contributed by atoms with Crippen LogP contribution in [0.1, 0.15) is 47.8 Å². The van der Waals surface area contributed by atoms with E-state index in [0.29, 0.717) is 24.2 Å². The third-order valence-corrected chi connectivity index (χ3v) is 5.57. The zero-order valence-corrected chi connectivity index (χ0v) is 17.4. The topological polar surface area (TPSA) is 113 Å². The molecule has 0 saturated carbocycles. The fourth-order valence-corrected chi connectivity index (χ4v) is 3.96. The van der Waals surface area contributed by atoms with E-state index in [-0.39, 0.29) is 11.5 Å². The van der Waals surface area contributed by atoms with Crippen LogP contribution in [0.25, 0.3) is 0 Å². The summed E-state index contributed by atoms with van der Waals surface area (Å²) in [6.45, 7) is 1.63. The van der Waals surface area contributed by atoms with Crippen molar-refractivity contribution in [3.63, 3.8) is 0 Å². The van der Waals surface area contributed by atoms with Crippen LogP contribution in [0.5, 0.6) is 0 Å². The van der Waals surface area contributed by atoms with Crippen molar-refractivity contribution >= 4 is 23.5 Å². The molecule has 3 aromatic rings. The van der Waals surface area contributed by atoms with E-state index in [2.05, 4.69) is 10.2 Å². The molecule has 1 heterocycles. The number of nitrogens with one attached hydrogen (secondary N) is 1. The minimum Gasteiger partial charge on any atom is -0.478 e. The van der Waals surface area contributed by atoms with Crippen molar-refractivity contribution < 1.29 is 19.5 Å². The molecule has 1 aliphatic heterocycles. The van der Waals surface area contributed by atoms with Gasteiger partial charge in [0.25, 0.3) is 5.91 Å². The molecule has 0 spiro atoms. The van der Waals surface area contributed by atoms with E-state index < -0.39 is 11.9 Å². The van der Waals surface area contributed by atoms with Gasteiger partial charge in [0.05, 0.1) is 16.8 Å². The van der Waals surface area contributed by atoms with E-state index >= 15 is 0 Å². The lowest BCUT2D eigenvalue weighted by atomic mass is 10.1. The zero-order valence-electron chi connectivity index (χ0n) is 17.4. The first-order valence-electron chi connectivity index (χ1n) is 10.3. The molecule has 7 heteroatoms. The maximum atomic E-state index is 13.0. The molecular formula is C25H23N3O4. The van der Waals surface area contributed by atoms with Crippen LogP contribution < -0.4 is 16.0 Å². The quantitative estimate of drug-likeness (QED) is 0.534. The average molecular weight is 429 g/mol. The summed E-state index contributed by atoms with van der Waals surface area (Å²) in [6.07, 6.45) is 0.836. The first-order chi connectivity index (χ1) is 15.4. The van der Waals surface area contributed by atoms with Gasteiger partial charge in [-0.05, 0) is 53.4 Å². The Bertz CT molecular complexity index is 1190. The second-order valence-electron chi connectivity index (χ2n) is 7.73. The molecule has 1 aliphatic rings. The van der Waals surface area contributed by atoms with Crippen LogP contribution in [0.2, 0.25) is 0 Å². The van der Waals surface area contributed by atoms with Crippen molar-refractivity contribution in [1.82, 2.24) is 5.32 Å². The van der Waals surface area contributed by atoms with E-state index in [0.717, 1.165) is 35.3 Å². The van der Waals surface area contributed by atoms with Gasteiger partial charge in [-0.2, -0.15) is 0 Å². The van der Waals surface area contributed by atoms with Crippen LogP contribution in [0.3, 0.4) is 0 Å². The molecule has 7 nitrogen and oxygen atoms in total. The third kappa shape index (κ3) is 4.46. The summed E-state index contributed by atoms with van der Waals surface area (Å²) < 4.78 is 0. The lowest BCUT2D eigenvalue weighted by molar-refractivity contribution is 0.0696. The minimum atomic E-state index is -0.984. The Balaban J connectivity index is 1.51. The summed E-state index contributed by atoms with van der Waals surface area (Å²) in [6, 6.07) is 19.3. The third-order valence-electron chi connectivity index (χ3n) is 5.57. The molecule has 0 atom stereocenters. The lowest BCUT2D eigenvalue weighted by Gasteiger charge is -2.22. The Morgan fingerprint density at radius 3 is 2.41 bits per heavy atom. The van der Waals surface area contributed by atoms with E-state index in [1.54, 1.807) is 36.4 Å². The highest BCUT2D eigenvalue weighted by molar-refractivity contribution is 6.01. The average Bonchev–Trinajstić information content (AvgIpc) is 3.20. The predicted octanol–water partition coefficient (Wildman–Crippen LogP) is 2.98. The Hall–Kier alpha value is -4.13. The number of amides is 2. The molecule has 4 rings (SSSR count). The van der Waals surface area contributed by atoms with Gasteiger partial charge in [-0.15, -0.1) is 0 Å². The number of hydrogen-bond donors (Lipinski definition) is 3. The molecular weight excluding hydrogens is 406 g/mol. The molecule has 162 valence electrons. The SMILES string of the molecule is NC(=O)c1cccc(CN2CCc3cccc(C(=O)NCc4ccc(C(=O)O)cc4)c32)c1. The fraction of sp³-hybridized carbons (Fsp3) is 0.160. The highest BCUT2D eigenvalue weighted by Crippen LogP contribution is 2.33. The predicted molar refractivity (Wildman–Crippen MR) is 121 cm³/mol. The van der Waals surface area contributed by atoms with Crippen molar-refractivity contribution in [2.24, 2.45) is 5.73 Å². The summed E-state index contributed by atoms with van der Waals surface area (Å²) in [7, 11) is 0. The number of rotatable bonds is 7. The van der Waals surface area contributed by atoms with Gasteiger partial charge in [-0.3, -0.25) is 9.59 Å². The zero-order chi connectivity index (χ0) is 22.7. The van der Waals surface area contributed by atoms with Gasteiger partial charge in [0.2, 0.25) is 5.91 Å². The standard InChI is InChI=1S/C25H23N3O4/c26-23(29)20-5-1-3-17(13-20)15-28-12-11-18-4-2-6-21(22(18)28)24(30)27-14-16-7-9-19(10-8-16)25(31)32/h1-10,13H,11-12,14-15H2,(H2,26,29)(H,27,30)(H,31,32). The van der Waals surface area contributed by atoms with Crippen LogP contribution in [0.15, 0.2) is 66.7 Å². The number of para-hydroxylation sites is 1. The highest BCUT2D eigenvalue weighted by Gasteiger charge is 2.25. The maximum absolute atomic E-state index is 13.0. The summed E-state index contributed by atoms with van der Waals surface area (Å²) in [4.78, 5) is 37.6. The molecule has 0 saturated heterocycles. The van der Waals surface area contributed by atoms with Gasteiger partial charge in [-0.25, -0.2) is 4.79 Å². The number of nitrogens with two attached hydrogens (primary N) is 1. The summed E-state index contributed by atoms with van der Waals surface area (Å²) in [5.74, 6) is -1.64. The number of carboxylic acids is 1. The number of carbonyl (C=O) groups is 3.